The van der Waals surface area contributed by atoms with Crippen LogP contribution in [-0.4, -0.2) is 31.7 Å². The number of anilines is 1. The third kappa shape index (κ3) is 2.32. The van der Waals surface area contributed by atoms with E-state index >= 15 is 0 Å². The van der Waals surface area contributed by atoms with Gasteiger partial charge in [0.05, 0.1) is 5.39 Å². The number of rotatable bonds is 3. The first-order valence-corrected chi connectivity index (χ1v) is 9.02. The number of sulfone groups is 1. The number of aromatic nitrogens is 2. The summed E-state index contributed by atoms with van der Waals surface area (Å²) in [5, 5.41) is 4.15. The first-order valence-electron chi connectivity index (χ1n) is 6.14. The van der Waals surface area contributed by atoms with Crippen LogP contribution in [0.5, 0.6) is 0 Å². The SMILES string of the molecule is CNc1nc(CS(C)(=O)=O)nc2sc3c(c12)CCC3. The molecule has 0 unspecified atom stereocenters. The van der Waals surface area contributed by atoms with E-state index < -0.39 is 9.84 Å². The van der Waals surface area contributed by atoms with Crippen LogP contribution in [0.3, 0.4) is 0 Å². The molecular formula is C12H15N3O2S2. The van der Waals surface area contributed by atoms with Gasteiger partial charge >= 0.3 is 0 Å². The van der Waals surface area contributed by atoms with Gasteiger partial charge in [-0.3, -0.25) is 0 Å². The van der Waals surface area contributed by atoms with E-state index in [-0.39, 0.29) is 5.75 Å². The summed E-state index contributed by atoms with van der Waals surface area (Å²) in [6, 6.07) is 0. The predicted molar refractivity (Wildman–Crippen MR) is 77.5 cm³/mol. The van der Waals surface area contributed by atoms with Crippen molar-refractivity contribution in [2.24, 2.45) is 0 Å². The van der Waals surface area contributed by atoms with Gasteiger partial charge in [0.25, 0.3) is 0 Å². The van der Waals surface area contributed by atoms with Crippen LogP contribution in [-0.2, 0) is 28.4 Å². The molecule has 1 N–H and O–H groups in total. The van der Waals surface area contributed by atoms with E-state index in [1.165, 1.54) is 23.1 Å². The standard InChI is InChI=1S/C12H15N3O2S2/c1-13-11-10-7-4-3-5-8(7)18-12(10)15-9(14-11)6-19(2,16)17/h3-6H2,1-2H3,(H,13,14,15). The van der Waals surface area contributed by atoms with Crippen LogP contribution in [0.15, 0.2) is 0 Å². The summed E-state index contributed by atoms with van der Waals surface area (Å²) in [4.78, 5) is 11.1. The van der Waals surface area contributed by atoms with Crippen molar-refractivity contribution in [2.45, 2.75) is 25.0 Å². The fraction of sp³-hybridized carbons (Fsp3) is 0.500. The Morgan fingerprint density at radius 1 is 1.32 bits per heavy atom. The molecule has 0 fully saturated rings. The second kappa shape index (κ2) is 4.42. The van der Waals surface area contributed by atoms with Crippen LogP contribution in [0.1, 0.15) is 22.7 Å². The monoisotopic (exact) mass is 297 g/mol. The van der Waals surface area contributed by atoms with Crippen molar-refractivity contribution in [2.75, 3.05) is 18.6 Å². The maximum atomic E-state index is 11.4. The van der Waals surface area contributed by atoms with Gasteiger partial charge in [-0.15, -0.1) is 11.3 Å². The molecule has 2 aromatic heterocycles. The Hall–Kier alpha value is -1.21. The van der Waals surface area contributed by atoms with Crippen LogP contribution < -0.4 is 5.32 Å². The van der Waals surface area contributed by atoms with Gasteiger partial charge in [-0.25, -0.2) is 18.4 Å². The molecule has 7 heteroatoms. The minimum absolute atomic E-state index is 0.111. The summed E-state index contributed by atoms with van der Waals surface area (Å²) in [5.41, 5.74) is 1.34. The molecule has 0 atom stereocenters. The molecular weight excluding hydrogens is 282 g/mol. The highest BCUT2D eigenvalue weighted by Gasteiger charge is 2.22. The Bertz CT molecular complexity index is 750. The molecule has 0 bridgehead atoms. The molecule has 0 aliphatic heterocycles. The van der Waals surface area contributed by atoms with Gasteiger partial charge in [-0.1, -0.05) is 0 Å². The highest BCUT2D eigenvalue weighted by atomic mass is 32.2. The number of nitrogens with zero attached hydrogens (tertiary/aromatic N) is 2. The molecule has 0 amide bonds. The summed E-state index contributed by atoms with van der Waals surface area (Å²) in [6.45, 7) is 0. The smallest absolute Gasteiger partial charge is 0.154 e. The summed E-state index contributed by atoms with van der Waals surface area (Å²) in [5.74, 6) is 1.02. The highest BCUT2D eigenvalue weighted by molar-refractivity contribution is 7.89. The zero-order valence-corrected chi connectivity index (χ0v) is 12.5. The normalized spacial score (nSPS) is 14.8. The third-order valence-electron chi connectivity index (χ3n) is 3.24. The Balaban J connectivity index is 2.19. The summed E-state index contributed by atoms with van der Waals surface area (Å²) in [7, 11) is -1.30. The van der Waals surface area contributed by atoms with E-state index in [1.807, 2.05) is 7.05 Å². The van der Waals surface area contributed by atoms with Gasteiger partial charge < -0.3 is 5.32 Å². The maximum absolute atomic E-state index is 11.4. The molecule has 1 aliphatic carbocycles. The fourth-order valence-electron chi connectivity index (χ4n) is 2.52. The first-order chi connectivity index (χ1) is 8.98. The molecule has 1 aliphatic rings. The van der Waals surface area contributed by atoms with Crippen LogP contribution >= 0.6 is 11.3 Å². The number of nitrogens with one attached hydrogen (secondary N) is 1. The summed E-state index contributed by atoms with van der Waals surface area (Å²) >= 11 is 1.67. The quantitative estimate of drug-likeness (QED) is 0.934. The van der Waals surface area contributed by atoms with Crippen LogP contribution in [0.25, 0.3) is 10.2 Å². The topological polar surface area (TPSA) is 72.0 Å². The Kier molecular flexibility index (Phi) is 2.98. The van der Waals surface area contributed by atoms with E-state index in [0.29, 0.717) is 5.82 Å². The lowest BCUT2D eigenvalue weighted by Gasteiger charge is -2.06. The molecule has 0 aromatic carbocycles. The number of hydrogen-bond acceptors (Lipinski definition) is 6. The van der Waals surface area contributed by atoms with Crippen molar-refractivity contribution in [3.05, 3.63) is 16.3 Å². The Labute approximate surface area is 116 Å². The predicted octanol–water partition coefficient (Wildman–Crippen LogP) is 1.77. The average Bonchev–Trinajstić information content (AvgIpc) is 2.85. The minimum Gasteiger partial charge on any atom is -0.372 e. The Morgan fingerprint density at radius 3 is 2.79 bits per heavy atom. The zero-order valence-electron chi connectivity index (χ0n) is 10.9. The zero-order chi connectivity index (χ0) is 13.6. The summed E-state index contributed by atoms with van der Waals surface area (Å²) in [6.07, 6.45) is 4.55. The minimum atomic E-state index is -3.11. The van der Waals surface area contributed by atoms with Crippen LogP contribution in [0.4, 0.5) is 5.82 Å². The van der Waals surface area contributed by atoms with Crippen LogP contribution in [0, 0.1) is 0 Å². The van der Waals surface area contributed by atoms with Gasteiger partial charge in [0.15, 0.2) is 9.84 Å². The van der Waals surface area contributed by atoms with E-state index in [4.69, 9.17) is 0 Å². The molecule has 5 nitrogen and oxygen atoms in total. The largest absolute Gasteiger partial charge is 0.372 e. The van der Waals surface area contributed by atoms with E-state index in [9.17, 15) is 8.42 Å². The second-order valence-corrected chi connectivity index (χ2v) is 8.07. The molecule has 3 rings (SSSR count). The van der Waals surface area contributed by atoms with E-state index in [2.05, 4.69) is 15.3 Å². The molecule has 2 aromatic rings. The van der Waals surface area contributed by atoms with Crippen molar-refractivity contribution in [3.8, 4) is 0 Å². The number of hydrogen-bond donors (Lipinski definition) is 1. The second-order valence-electron chi connectivity index (χ2n) is 4.85. The molecule has 19 heavy (non-hydrogen) atoms. The number of aryl methyl sites for hydroxylation is 2. The lowest BCUT2D eigenvalue weighted by atomic mass is 10.2. The molecule has 2 heterocycles. The molecule has 102 valence electrons. The van der Waals surface area contributed by atoms with Gasteiger partial charge in [-0.05, 0) is 24.8 Å². The van der Waals surface area contributed by atoms with Gasteiger partial charge in [0.2, 0.25) is 0 Å². The first kappa shape index (κ1) is 12.8. The molecule has 0 saturated carbocycles. The number of thiophene rings is 1. The average molecular weight is 297 g/mol. The Morgan fingerprint density at radius 2 is 2.11 bits per heavy atom. The van der Waals surface area contributed by atoms with Crippen molar-refractivity contribution in [1.29, 1.82) is 0 Å². The van der Waals surface area contributed by atoms with E-state index in [0.717, 1.165) is 28.9 Å². The third-order valence-corrected chi connectivity index (χ3v) is 5.21. The number of fused-ring (bicyclic) bond motifs is 3. The maximum Gasteiger partial charge on any atom is 0.154 e. The van der Waals surface area contributed by atoms with Crippen molar-refractivity contribution >= 4 is 37.2 Å². The van der Waals surface area contributed by atoms with Gasteiger partial charge in [0, 0.05) is 18.2 Å². The van der Waals surface area contributed by atoms with Gasteiger partial charge in [-0.2, -0.15) is 0 Å². The van der Waals surface area contributed by atoms with E-state index in [1.54, 1.807) is 11.3 Å². The molecule has 0 saturated heterocycles. The molecule has 0 spiro atoms. The van der Waals surface area contributed by atoms with Crippen molar-refractivity contribution in [1.82, 2.24) is 9.97 Å². The molecule has 0 radical (unpaired) electrons. The lowest BCUT2D eigenvalue weighted by molar-refractivity contribution is 0.600. The fourth-order valence-corrected chi connectivity index (χ4v) is 4.40. The van der Waals surface area contributed by atoms with Gasteiger partial charge in [0.1, 0.15) is 22.2 Å². The van der Waals surface area contributed by atoms with Crippen molar-refractivity contribution < 1.29 is 8.42 Å². The highest BCUT2D eigenvalue weighted by Crippen LogP contribution is 2.39. The summed E-state index contributed by atoms with van der Waals surface area (Å²) < 4.78 is 22.8. The lowest BCUT2D eigenvalue weighted by Crippen LogP contribution is -2.07. The van der Waals surface area contributed by atoms with Crippen LogP contribution in [0.2, 0.25) is 0 Å². The van der Waals surface area contributed by atoms with Crippen molar-refractivity contribution in [3.63, 3.8) is 0 Å².